The molecule has 2 aliphatic rings. The Kier molecular flexibility index (Phi) is 4.38. The van der Waals surface area contributed by atoms with Crippen LogP contribution in [0.5, 0.6) is 0 Å². The van der Waals surface area contributed by atoms with E-state index >= 15 is 0 Å². The van der Waals surface area contributed by atoms with Crippen molar-refractivity contribution in [3.05, 3.63) is 54.4 Å². The summed E-state index contributed by atoms with van der Waals surface area (Å²) in [6.45, 7) is 2.38. The standard InChI is InChI=1S/C20H23N7O/c28-20(17-4-1-5-18(9-17)26-13-21-22-14-26)25-8-2-3-15(10-25)11-27-12-19(23-24-27)16-6-7-16/h1,4-5,9,12-16H,2-3,6-8,10-11H2/t15-/m1/s1. The number of aromatic nitrogens is 6. The summed E-state index contributed by atoms with van der Waals surface area (Å²) < 4.78 is 3.76. The van der Waals surface area contributed by atoms with Gasteiger partial charge in [0.2, 0.25) is 0 Å². The Morgan fingerprint density at radius 3 is 2.82 bits per heavy atom. The van der Waals surface area contributed by atoms with Crippen molar-refractivity contribution in [2.24, 2.45) is 5.92 Å². The molecule has 3 heterocycles. The fourth-order valence-corrected chi connectivity index (χ4v) is 3.95. The molecule has 2 aromatic heterocycles. The Hall–Kier alpha value is -3.03. The molecule has 144 valence electrons. The molecule has 28 heavy (non-hydrogen) atoms. The SMILES string of the molecule is O=C(c1cccc(-n2cnnc2)c1)N1CCC[C@@H](Cn2cc(C3CC3)nn2)C1. The average molecular weight is 377 g/mol. The van der Waals surface area contributed by atoms with E-state index in [4.69, 9.17) is 0 Å². The molecule has 2 fully saturated rings. The quantitative estimate of drug-likeness (QED) is 0.681. The average Bonchev–Trinajstić information content (AvgIpc) is 3.23. The molecule has 0 bridgehead atoms. The van der Waals surface area contributed by atoms with Gasteiger partial charge in [0.25, 0.3) is 5.91 Å². The maximum atomic E-state index is 13.1. The van der Waals surface area contributed by atoms with Crippen LogP contribution >= 0.6 is 0 Å². The van der Waals surface area contributed by atoms with E-state index in [1.165, 1.54) is 12.8 Å². The van der Waals surface area contributed by atoms with E-state index in [2.05, 4.69) is 26.7 Å². The number of hydrogen-bond acceptors (Lipinski definition) is 5. The van der Waals surface area contributed by atoms with Crippen molar-refractivity contribution in [3.8, 4) is 5.69 Å². The van der Waals surface area contributed by atoms with Gasteiger partial charge in [-0.15, -0.1) is 15.3 Å². The fraction of sp³-hybridized carbons (Fsp3) is 0.450. The number of amides is 1. The summed E-state index contributed by atoms with van der Waals surface area (Å²) in [6.07, 6.45) is 9.95. The van der Waals surface area contributed by atoms with Crippen LogP contribution in [0, 0.1) is 5.92 Å². The lowest BCUT2D eigenvalue weighted by Crippen LogP contribution is -2.41. The van der Waals surface area contributed by atoms with Gasteiger partial charge in [0, 0.05) is 43.0 Å². The first kappa shape index (κ1) is 17.1. The second-order valence-electron chi connectivity index (χ2n) is 7.82. The Morgan fingerprint density at radius 2 is 2.00 bits per heavy atom. The van der Waals surface area contributed by atoms with Gasteiger partial charge in [0.05, 0.1) is 5.69 Å². The van der Waals surface area contributed by atoms with Gasteiger partial charge < -0.3 is 4.90 Å². The van der Waals surface area contributed by atoms with Crippen LogP contribution in [0.15, 0.2) is 43.1 Å². The molecule has 1 saturated heterocycles. The molecule has 8 heteroatoms. The fourth-order valence-electron chi connectivity index (χ4n) is 3.95. The van der Waals surface area contributed by atoms with Crippen molar-refractivity contribution >= 4 is 5.91 Å². The molecule has 3 aromatic rings. The topological polar surface area (TPSA) is 81.7 Å². The smallest absolute Gasteiger partial charge is 0.253 e. The minimum absolute atomic E-state index is 0.0804. The zero-order valence-electron chi connectivity index (χ0n) is 15.7. The van der Waals surface area contributed by atoms with Gasteiger partial charge in [0.15, 0.2) is 0 Å². The molecule has 1 aliphatic heterocycles. The van der Waals surface area contributed by atoms with Crippen LogP contribution in [0.3, 0.4) is 0 Å². The van der Waals surface area contributed by atoms with Gasteiger partial charge in [-0.2, -0.15) is 0 Å². The number of carbonyl (C=O) groups excluding carboxylic acids is 1. The molecule has 1 atom stereocenters. The van der Waals surface area contributed by atoms with Crippen molar-refractivity contribution in [2.75, 3.05) is 13.1 Å². The maximum absolute atomic E-state index is 13.1. The van der Waals surface area contributed by atoms with Crippen molar-refractivity contribution in [2.45, 2.75) is 38.1 Å². The second-order valence-corrected chi connectivity index (χ2v) is 7.82. The van der Waals surface area contributed by atoms with Crippen molar-refractivity contribution in [3.63, 3.8) is 0 Å². The van der Waals surface area contributed by atoms with Crippen LogP contribution in [-0.2, 0) is 6.54 Å². The highest BCUT2D eigenvalue weighted by molar-refractivity contribution is 5.94. The number of likely N-dealkylation sites (tertiary alicyclic amines) is 1. The summed E-state index contributed by atoms with van der Waals surface area (Å²) in [7, 11) is 0. The number of piperidine rings is 1. The van der Waals surface area contributed by atoms with E-state index in [1.54, 1.807) is 17.2 Å². The highest BCUT2D eigenvalue weighted by Crippen LogP contribution is 2.38. The van der Waals surface area contributed by atoms with Crippen molar-refractivity contribution < 1.29 is 4.79 Å². The van der Waals surface area contributed by atoms with Gasteiger partial charge in [-0.25, -0.2) is 0 Å². The molecule has 5 rings (SSSR count). The van der Waals surface area contributed by atoms with Crippen molar-refractivity contribution in [1.29, 1.82) is 0 Å². The van der Waals surface area contributed by atoms with E-state index in [0.29, 0.717) is 17.4 Å². The molecule has 1 saturated carbocycles. The van der Waals surface area contributed by atoms with E-state index < -0.39 is 0 Å². The predicted octanol–water partition coefficient (Wildman–Crippen LogP) is 2.29. The normalized spacial score (nSPS) is 19.7. The monoisotopic (exact) mass is 377 g/mol. The number of hydrogen-bond donors (Lipinski definition) is 0. The minimum atomic E-state index is 0.0804. The summed E-state index contributed by atoms with van der Waals surface area (Å²) in [4.78, 5) is 15.0. The van der Waals surface area contributed by atoms with Gasteiger partial charge >= 0.3 is 0 Å². The lowest BCUT2D eigenvalue weighted by atomic mass is 9.97. The lowest BCUT2D eigenvalue weighted by Gasteiger charge is -2.32. The van der Waals surface area contributed by atoms with E-state index in [9.17, 15) is 4.79 Å². The zero-order valence-corrected chi connectivity index (χ0v) is 15.7. The Bertz CT molecular complexity index is 961. The summed E-state index contributed by atoms with van der Waals surface area (Å²) in [6, 6.07) is 7.62. The molecule has 1 aromatic carbocycles. The van der Waals surface area contributed by atoms with E-state index in [-0.39, 0.29) is 5.91 Å². The Labute approximate surface area is 163 Å². The lowest BCUT2D eigenvalue weighted by molar-refractivity contribution is 0.0659. The Balaban J connectivity index is 1.26. The molecule has 0 unspecified atom stereocenters. The highest BCUT2D eigenvalue weighted by Gasteiger charge is 2.28. The van der Waals surface area contributed by atoms with Crippen LogP contribution in [0.2, 0.25) is 0 Å². The largest absolute Gasteiger partial charge is 0.338 e. The summed E-state index contributed by atoms with van der Waals surface area (Å²) >= 11 is 0. The van der Waals surface area contributed by atoms with E-state index in [0.717, 1.165) is 43.9 Å². The molecule has 0 N–H and O–H groups in total. The first-order chi connectivity index (χ1) is 13.8. The predicted molar refractivity (Wildman–Crippen MR) is 102 cm³/mol. The van der Waals surface area contributed by atoms with Crippen LogP contribution in [-0.4, -0.2) is 53.7 Å². The molecular weight excluding hydrogens is 354 g/mol. The van der Waals surface area contributed by atoms with E-state index in [1.807, 2.05) is 33.8 Å². The summed E-state index contributed by atoms with van der Waals surface area (Å²) in [5.74, 6) is 1.11. The van der Waals surface area contributed by atoms with Crippen LogP contribution in [0.1, 0.15) is 47.7 Å². The van der Waals surface area contributed by atoms with Gasteiger partial charge in [-0.3, -0.25) is 14.0 Å². The van der Waals surface area contributed by atoms with Gasteiger partial charge in [0.1, 0.15) is 12.7 Å². The minimum Gasteiger partial charge on any atom is -0.338 e. The van der Waals surface area contributed by atoms with Gasteiger partial charge in [-0.1, -0.05) is 11.3 Å². The summed E-state index contributed by atoms with van der Waals surface area (Å²) in [5, 5.41) is 16.3. The molecule has 0 radical (unpaired) electrons. The molecule has 1 aliphatic carbocycles. The Morgan fingerprint density at radius 1 is 1.14 bits per heavy atom. The molecule has 1 amide bonds. The third-order valence-electron chi connectivity index (χ3n) is 5.61. The number of nitrogens with zero attached hydrogens (tertiary/aromatic N) is 7. The zero-order chi connectivity index (χ0) is 18.9. The van der Waals surface area contributed by atoms with Crippen LogP contribution < -0.4 is 0 Å². The molecule has 0 spiro atoms. The van der Waals surface area contributed by atoms with Gasteiger partial charge in [-0.05, 0) is 49.8 Å². The third kappa shape index (κ3) is 3.54. The molecular formula is C20H23N7O. The number of carbonyl (C=O) groups is 1. The molecule has 8 nitrogen and oxygen atoms in total. The summed E-state index contributed by atoms with van der Waals surface area (Å²) in [5.41, 5.74) is 2.71. The second kappa shape index (κ2) is 7.18. The first-order valence-corrected chi connectivity index (χ1v) is 9.90. The first-order valence-electron chi connectivity index (χ1n) is 9.90. The maximum Gasteiger partial charge on any atom is 0.253 e. The third-order valence-corrected chi connectivity index (χ3v) is 5.61. The number of benzene rings is 1. The van der Waals surface area contributed by atoms with Crippen LogP contribution in [0.25, 0.3) is 5.69 Å². The van der Waals surface area contributed by atoms with Crippen LogP contribution in [0.4, 0.5) is 0 Å². The van der Waals surface area contributed by atoms with Crippen molar-refractivity contribution in [1.82, 2.24) is 34.7 Å². The number of rotatable bonds is 5. The highest BCUT2D eigenvalue weighted by atomic mass is 16.2.